The number of aryl methyl sites for hydroxylation is 1. The molecule has 0 atom stereocenters. The minimum atomic E-state index is -3.27. The molecule has 0 bridgehead atoms. The van der Waals surface area contributed by atoms with Crippen LogP contribution in [0.3, 0.4) is 0 Å². The average molecular weight is 217 g/mol. The van der Waals surface area contributed by atoms with Crippen LogP contribution in [0.1, 0.15) is 11.1 Å². The van der Waals surface area contributed by atoms with E-state index in [-0.39, 0.29) is 12.4 Å². The van der Waals surface area contributed by atoms with E-state index >= 15 is 0 Å². The molecule has 3 nitrogen and oxygen atoms in total. The molecular weight excluding hydrogens is 205 g/mol. The van der Waals surface area contributed by atoms with Gasteiger partial charge in [0.25, 0.3) is 0 Å². The zero-order valence-corrected chi connectivity index (χ0v) is 8.86. The molecule has 0 aliphatic rings. The Hall–Kier alpha value is -0.940. The maximum atomic E-state index is 13.2. The predicted molar refractivity (Wildman–Crippen MR) is 52.8 cm³/mol. The average Bonchev–Trinajstić information content (AvgIpc) is 2.00. The van der Waals surface area contributed by atoms with Crippen LogP contribution in [-0.2, 0) is 16.6 Å². The first-order chi connectivity index (χ1) is 6.38. The van der Waals surface area contributed by atoms with Crippen molar-refractivity contribution in [3.8, 4) is 0 Å². The van der Waals surface area contributed by atoms with Gasteiger partial charge < -0.3 is 0 Å². The van der Waals surface area contributed by atoms with Crippen LogP contribution in [0, 0.1) is 12.7 Å². The van der Waals surface area contributed by atoms with Gasteiger partial charge in [-0.1, -0.05) is 12.1 Å². The summed E-state index contributed by atoms with van der Waals surface area (Å²) in [5.41, 5.74) is 1.16. The molecule has 0 heterocycles. The van der Waals surface area contributed by atoms with Crippen molar-refractivity contribution < 1.29 is 12.8 Å². The van der Waals surface area contributed by atoms with Crippen LogP contribution in [0.15, 0.2) is 18.2 Å². The third kappa shape index (κ3) is 3.43. The van der Waals surface area contributed by atoms with E-state index in [4.69, 9.17) is 0 Å². The van der Waals surface area contributed by atoms with Gasteiger partial charge in [-0.2, -0.15) is 0 Å². The van der Waals surface area contributed by atoms with E-state index in [9.17, 15) is 12.8 Å². The monoisotopic (exact) mass is 217 g/mol. The number of sulfonamides is 1. The highest BCUT2D eigenvalue weighted by Crippen LogP contribution is 2.09. The molecule has 0 saturated heterocycles. The standard InChI is InChI=1S/C9H12FNO2S/c1-7-3-4-8(9(10)5-7)6-11-14(2,12)13/h3-5,11H,6H2,1-2H3. The summed E-state index contributed by atoms with van der Waals surface area (Å²) in [6.45, 7) is 1.77. The number of rotatable bonds is 3. The Morgan fingerprint density at radius 2 is 2.07 bits per heavy atom. The Labute approximate surface area is 83.0 Å². The van der Waals surface area contributed by atoms with Gasteiger partial charge in [-0.3, -0.25) is 0 Å². The van der Waals surface area contributed by atoms with Crippen LogP contribution in [0.4, 0.5) is 4.39 Å². The first-order valence-electron chi connectivity index (χ1n) is 4.08. The van der Waals surface area contributed by atoms with E-state index in [0.717, 1.165) is 11.8 Å². The summed E-state index contributed by atoms with van der Waals surface area (Å²) in [7, 11) is -3.27. The molecule has 0 unspecified atom stereocenters. The van der Waals surface area contributed by atoms with Crippen LogP contribution < -0.4 is 4.72 Å². The van der Waals surface area contributed by atoms with E-state index in [2.05, 4.69) is 4.72 Å². The molecule has 1 rings (SSSR count). The van der Waals surface area contributed by atoms with Crippen LogP contribution in [-0.4, -0.2) is 14.7 Å². The highest BCUT2D eigenvalue weighted by atomic mass is 32.2. The van der Waals surface area contributed by atoms with Gasteiger partial charge in [0.1, 0.15) is 5.82 Å². The largest absolute Gasteiger partial charge is 0.213 e. The lowest BCUT2D eigenvalue weighted by Crippen LogP contribution is -2.21. The molecule has 0 amide bonds. The topological polar surface area (TPSA) is 46.2 Å². The summed E-state index contributed by atoms with van der Waals surface area (Å²) < 4.78 is 36.9. The minimum Gasteiger partial charge on any atom is -0.213 e. The summed E-state index contributed by atoms with van der Waals surface area (Å²) in [4.78, 5) is 0. The molecule has 1 aromatic carbocycles. The van der Waals surface area contributed by atoms with Gasteiger partial charge in [0.15, 0.2) is 0 Å². The molecule has 0 aliphatic heterocycles. The van der Waals surface area contributed by atoms with Crippen molar-refractivity contribution in [3.05, 3.63) is 35.1 Å². The Bertz CT molecular complexity index is 428. The third-order valence-electron chi connectivity index (χ3n) is 1.73. The Kier molecular flexibility index (Phi) is 3.23. The van der Waals surface area contributed by atoms with Crippen molar-refractivity contribution in [2.75, 3.05) is 6.26 Å². The van der Waals surface area contributed by atoms with Gasteiger partial charge in [-0.05, 0) is 18.6 Å². The first kappa shape index (κ1) is 11.1. The van der Waals surface area contributed by atoms with Gasteiger partial charge in [-0.15, -0.1) is 0 Å². The lowest BCUT2D eigenvalue weighted by atomic mass is 10.1. The fraction of sp³-hybridized carbons (Fsp3) is 0.333. The summed E-state index contributed by atoms with van der Waals surface area (Å²) in [6, 6.07) is 4.69. The smallest absolute Gasteiger partial charge is 0.209 e. The fourth-order valence-electron chi connectivity index (χ4n) is 1.00. The second-order valence-corrected chi connectivity index (χ2v) is 5.02. The molecule has 14 heavy (non-hydrogen) atoms. The van der Waals surface area contributed by atoms with E-state index in [0.29, 0.717) is 5.56 Å². The van der Waals surface area contributed by atoms with Gasteiger partial charge in [0, 0.05) is 12.1 Å². The Morgan fingerprint density at radius 3 is 2.57 bits per heavy atom. The number of nitrogens with one attached hydrogen (secondary N) is 1. The van der Waals surface area contributed by atoms with Gasteiger partial charge in [0.05, 0.1) is 6.26 Å². The SMILES string of the molecule is Cc1ccc(CNS(C)(=O)=O)c(F)c1. The Balaban J connectivity index is 2.78. The highest BCUT2D eigenvalue weighted by Gasteiger charge is 2.05. The van der Waals surface area contributed by atoms with E-state index in [1.54, 1.807) is 19.1 Å². The second-order valence-electron chi connectivity index (χ2n) is 3.19. The summed E-state index contributed by atoms with van der Waals surface area (Å²) in [5.74, 6) is -0.388. The summed E-state index contributed by atoms with van der Waals surface area (Å²) in [5, 5.41) is 0. The highest BCUT2D eigenvalue weighted by molar-refractivity contribution is 7.88. The molecule has 0 spiro atoms. The minimum absolute atomic E-state index is 0.00898. The van der Waals surface area contributed by atoms with Crippen LogP contribution in [0.2, 0.25) is 0 Å². The molecule has 0 aliphatic carbocycles. The zero-order chi connectivity index (χ0) is 10.8. The van der Waals surface area contributed by atoms with Crippen molar-refractivity contribution in [1.82, 2.24) is 4.72 Å². The predicted octanol–water partition coefficient (Wildman–Crippen LogP) is 1.18. The fourth-order valence-corrected chi connectivity index (χ4v) is 1.42. The molecule has 5 heteroatoms. The van der Waals surface area contributed by atoms with Crippen LogP contribution in [0.25, 0.3) is 0 Å². The van der Waals surface area contributed by atoms with Crippen molar-refractivity contribution in [3.63, 3.8) is 0 Å². The molecular formula is C9H12FNO2S. The summed E-state index contributed by atoms with van der Waals surface area (Å²) in [6.07, 6.45) is 1.04. The number of halogens is 1. The molecule has 0 radical (unpaired) electrons. The second kappa shape index (κ2) is 4.06. The third-order valence-corrected chi connectivity index (χ3v) is 2.40. The van der Waals surface area contributed by atoms with Crippen molar-refractivity contribution in [1.29, 1.82) is 0 Å². The molecule has 1 N–H and O–H groups in total. The molecule has 0 fully saturated rings. The molecule has 1 aromatic rings. The lowest BCUT2D eigenvalue weighted by Gasteiger charge is -2.04. The quantitative estimate of drug-likeness (QED) is 0.826. The van der Waals surface area contributed by atoms with Gasteiger partial charge >= 0.3 is 0 Å². The molecule has 0 saturated carbocycles. The first-order valence-corrected chi connectivity index (χ1v) is 5.97. The normalized spacial score (nSPS) is 11.6. The van der Waals surface area contributed by atoms with Crippen LogP contribution in [0.5, 0.6) is 0 Å². The maximum absolute atomic E-state index is 13.2. The summed E-state index contributed by atoms with van der Waals surface area (Å²) >= 11 is 0. The van der Waals surface area contributed by atoms with Gasteiger partial charge in [-0.25, -0.2) is 17.5 Å². The van der Waals surface area contributed by atoms with Crippen molar-refractivity contribution >= 4 is 10.0 Å². The lowest BCUT2D eigenvalue weighted by molar-refractivity contribution is 0.579. The molecule has 78 valence electrons. The van der Waals surface area contributed by atoms with E-state index in [1.165, 1.54) is 6.07 Å². The van der Waals surface area contributed by atoms with Crippen LogP contribution >= 0.6 is 0 Å². The maximum Gasteiger partial charge on any atom is 0.209 e. The Morgan fingerprint density at radius 1 is 1.43 bits per heavy atom. The van der Waals surface area contributed by atoms with E-state index in [1.807, 2.05) is 0 Å². The zero-order valence-electron chi connectivity index (χ0n) is 8.04. The molecule has 0 aromatic heterocycles. The van der Waals surface area contributed by atoms with Crippen molar-refractivity contribution in [2.24, 2.45) is 0 Å². The number of hydrogen-bond acceptors (Lipinski definition) is 2. The number of benzene rings is 1. The number of hydrogen-bond donors (Lipinski definition) is 1. The van der Waals surface area contributed by atoms with E-state index < -0.39 is 10.0 Å². The van der Waals surface area contributed by atoms with Gasteiger partial charge in [0.2, 0.25) is 10.0 Å². The van der Waals surface area contributed by atoms with Crippen molar-refractivity contribution in [2.45, 2.75) is 13.5 Å².